The summed E-state index contributed by atoms with van der Waals surface area (Å²) in [7, 11) is 0. The zero-order chi connectivity index (χ0) is 18.9. The highest BCUT2D eigenvalue weighted by Crippen LogP contribution is 2.14. The van der Waals surface area contributed by atoms with Gasteiger partial charge in [0, 0.05) is 11.3 Å². The van der Waals surface area contributed by atoms with Crippen LogP contribution in [0.3, 0.4) is 0 Å². The van der Waals surface area contributed by atoms with Crippen LogP contribution in [0.2, 0.25) is 0 Å². The highest BCUT2D eigenvalue weighted by molar-refractivity contribution is 5.97. The fourth-order valence-corrected chi connectivity index (χ4v) is 2.16. The van der Waals surface area contributed by atoms with Gasteiger partial charge < -0.3 is 20.5 Å². The molecule has 0 saturated carbocycles. The summed E-state index contributed by atoms with van der Waals surface area (Å²) in [6, 6.07) is 13.7. The molecule has 26 heavy (non-hydrogen) atoms. The van der Waals surface area contributed by atoms with Crippen LogP contribution in [0, 0.1) is 0 Å². The van der Waals surface area contributed by atoms with Crippen molar-refractivity contribution in [1.29, 1.82) is 0 Å². The van der Waals surface area contributed by atoms with Gasteiger partial charge in [-0.15, -0.1) is 0 Å². The normalized spacial score (nSPS) is 10.0. The number of ether oxygens (including phenoxy) is 1. The number of carbonyl (C=O) groups is 3. The van der Waals surface area contributed by atoms with E-state index in [2.05, 4.69) is 10.6 Å². The Morgan fingerprint density at radius 3 is 2.46 bits per heavy atom. The highest BCUT2D eigenvalue weighted by Gasteiger charge is 2.08. The van der Waals surface area contributed by atoms with Crippen LogP contribution in [0.4, 0.5) is 5.69 Å². The highest BCUT2D eigenvalue weighted by atomic mass is 16.5. The fraction of sp³-hybridized carbons (Fsp3) is 0.211. The van der Waals surface area contributed by atoms with Gasteiger partial charge in [-0.25, -0.2) is 0 Å². The number of hydrogen-bond donors (Lipinski definition) is 3. The van der Waals surface area contributed by atoms with E-state index in [-0.39, 0.29) is 12.5 Å². The van der Waals surface area contributed by atoms with Crippen molar-refractivity contribution in [2.24, 2.45) is 0 Å². The lowest BCUT2D eigenvalue weighted by atomic mass is 10.2. The second kappa shape index (κ2) is 9.22. The number of hydrogen-bond acceptors (Lipinski definition) is 4. The molecule has 2 aromatic carbocycles. The molecule has 0 heterocycles. The number of nitrogens with one attached hydrogen (secondary N) is 2. The molecule has 2 aromatic rings. The van der Waals surface area contributed by atoms with E-state index in [4.69, 9.17) is 9.84 Å². The molecule has 2 amide bonds. The first-order chi connectivity index (χ1) is 12.5. The maximum atomic E-state index is 12.0. The van der Waals surface area contributed by atoms with E-state index < -0.39 is 18.4 Å². The summed E-state index contributed by atoms with van der Waals surface area (Å²) in [5, 5.41) is 13.5. The van der Waals surface area contributed by atoms with Crippen LogP contribution in [0.25, 0.3) is 0 Å². The largest absolute Gasteiger partial charge is 0.484 e. The topological polar surface area (TPSA) is 105 Å². The SMILES string of the molecule is CCc1cccc(OCC(=O)Nc2ccc(C(=O)NCC(=O)O)cc2)c1. The van der Waals surface area contributed by atoms with Gasteiger partial charge in [-0.3, -0.25) is 14.4 Å². The summed E-state index contributed by atoms with van der Waals surface area (Å²) in [5.41, 5.74) is 1.94. The van der Waals surface area contributed by atoms with Gasteiger partial charge in [0.15, 0.2) is 6.61 Å². The van der Waals surface area contributed by atoms with Crippen LogP contribution >= 0.6 is 0 Å². The number of rotatable bonds is 8. The third-order valence-electron chi connectivity index (χ3n) is 3.51. The van der Waals surface area contributed by atoms with Crippen molar-refractivity contribution >= 4 is 23.5 Å². The number of carbonyl (C=O) groups excluding carboxylic acids is 2. The lowest BCUT2D eigenvalue weighted by molar-refractivity contribution is -0.135. The molecule has 0 aliphatic heterocycles. The number of benzene rings is 2. The van der Waals surface area contributed by atoms with E-state index in [1.807, 2.05) is 25.1 Å². The number of amides is 2. The molecule has 0 spiro atoms. The van der Waals surface area contributed by atoms with Gasteiger partial charge in [0.25, 0.3) is 11.8 Å². The fourth-order valence-electron chi connectivity index (χ4n) is 2.16. The van der Waals surface area contributed by atoms with Gasteiger partial charge in [0.2, 0.25) is 0 Å². The predicted octanol–water partition coefficient (Wildman–Crippen LogP) is 2.08. The number of aryl methyl sites for hydroxylation is 1. The molecule has 0 radical (unpaired) electrons. The standard InChI is InChI=1S/C19H20N2O5/c1-2-13-4-3-5-16(10-13)26-12-17(22)21-15-8-6-14(7-9-15)19(25)20-11-18(23)24/h3-10H,2,11-12H2,1H3,(H,20,25)(H,21,22)(H,23,24). The Morgan fingerprint density at radius 2 is 1.81 bits per heavy atom. The number of aliphatic carboxylic acids is 1. The Hall–Kier alpha value is -3.35. The summed E-state index contributed by atoms with van der Waals surface area (Å²) in [6.07, 6.45) is 0.885. The minimum atomic E-state index is -1.12. The Kier molecular flexibility index (Phi) is 6.73. The molecule has 0 bridgehead atoms. The molecule has 0 atom stereocenters. The Labute approximate surface area is 151 Å². The van der Waals surface area contributed by atoms with Gasteiger partial charge in [0.1, 0.15) is 12.3 Å². The molecular formula is C19H20N2O5. The van der Waals surface area contributed by atoms with E-state index in [0.717, 1.165) is 12.0 Å². The first-order valence-corrected chi connectivity index (χ1v) is 8.09. The molecule has 0 saturated heterocycles. The third kappa shape index (κ3) is 5.94. The van der Waals surface area contributed by atoms with Gasteiger partial charge in [0.05, 0.1) is 0 Å². The molecule has 0 aliphatic carbocycles. The minimum Gasteiger partial charge on any atom is -0.484 e. The van der Waals surface area contributed by atoms with Crippen LogP contribution in [-0.2, 0) is 16.0 Å². The Morgan fingerprint density at radius 1 is 1.08 bits per heavy atom. The molecule has 0 aromatic heterocycles. The van der Waals surface area contributed by atoms with Crippen molar-refractivity contribution in [1.82, 2.24) is 5.32 Å². The first kappa shape index (κ1) is 19.0. The minimum absolute atomic E-state index is 0.131. The van der Waals surface area contributed by atoms with Crippen molar-refractivity contribution in [3.63, 3.8) is 0 Å². The van der Waals surface area contributed by atoms with Gasteiger partial charge in [-0.05, 0) is 48.4 Å². The second-order valence-electron chi connectivity index (χ2n) is 5.49. The molecule has 0 aliphatic rings. The smallest absolute Gasteiger partial charge is 0.322 e. The van der Waals surface area contributed by atoms with Crippen molar-refractivity contribution in [2.45, 2.75) is 13.3 Å². The van der Waals surface area contributed by atoms with Crippen molar-refractivity contribution in [3.8, 4) is 5.75 Å². The summed E-state index contributed by atoms with van der Waals surface area (Å²) >= 11 is 0. The summed E-state index contributed by atoms with van der Waals surface area (Å²) in [5.74, 6) is -1.31. The molecule has 7 nitrogen and oxygen atoms in total. The Balaban J connectivity index is 1.84. The monoisotopic (exact) mass is 356 g/mol. The maximum Gasteiger partial charge on any atom is 0.322 e. The van der Waals surface area contributed by atoms with Gasteiger partial charge in [-0.1, -0.05) is 19.1 Å². The van der Waals surface area contributed by atoms with Crippen LogP contribution < -0.4 is 15.4 Å². The summed E-state index contributed by atoms with van der Waals surface area (Å²) in [6.45, 7) is 1.46. The molecule has 136 valence electrons. The van der Waals surface area contributed by atoms with Crippen LogP contribution in [0.5, 0.6) is 5.75 Å². The van der Waals surface area contributed by atoms with E-state index >= 15 is 0 Å². The number of anilines is 1. The van der Waals surface area contributed by atoms with E-state index in [0.29, 0.717) is 17.0 Å². The second-order valence-corrected chi connectivity index (χ2v) is 5.49. The van der Waals surface area contributed by atoms with Gasteiger partial charge >= 0.3 is 5.97 Å². The Bertz CT molecular complexity index is 787. The van der Waals surface area contributed by atoms with E-state index in [9.17, 15) is 14.4 Å². The van der Waals surface area contributed by atoms with Crippen molar-refractivity contribution < 1.29 is 24.2 Å². The maximum absolute atomic E-state index is 12.0. The van der Waals surface area contributed by atoms with E-state index in [1.54, 1.807) is 18.2 Å². The molecular weight excluding hydrogens is 336 g/mol. The quantitative estimate of drug-likeness (QED) is 0.672. The molecule has 0 unspecified atom stereocenters. The average molecular weight is 356 g/mol. The van der Waals surface area contributed by atoms with Gasteiger partial charge in [-0.2, -0.15) is 0 Å². The lowest BCUT2D eigenvalue weighted by Crippen LogP contribution is -2.29. The zero-order valence-corrected chi connectivity index (χ0v) is 14.3. The molecule has 3 N–H and O–H groups in total. The summed E-state index contributed by atoms with van der Waals surface area (Å²) in [4.78, 5) is 34.1. The summed E-state index contributed by atoms with van der Waals surface area (Å²) < 4.78 is 5.47. The lowest BCUT2D eigenvalue weighted by Gasteiger charge is -2.09. The molecule has 7 heteroatoms. The van der Waals surface area contributed by atoms with E-state index in [1.165, 1.54) is 12.1 Å². The number of carboxylic acid groups (broad SMARTS) is 1. The average Bonchev–Trinajstić information content (AvgIpc) is 2.65. The predicted molar refractivity (Wildman–Crippen MR) is 96.4 cm³/mol. The van der Waals surface area contributed by atoms with Crippen LogP contribution in [0.1, 0.15) is 22.8 Å². The van der Waals surface area contributed by atoms with Crippen molar-refractivity contribution in [2.75, 3.05) is 18.5 Å². The molecule has 0 fully saturated rings. The first-order valence-electron chi connectivity index (χ1n) is 8.09. The van der Waals surface area contributed by atoms with Crippen LogP contribution in [-0.4, -0.2) is 36.0 Å². The molecule has 2 rings (SSSR count). The third-order valence-corrected chi connectivity index (χ3v) is 3.51. The van der Waals surface area contributed by atoms with Crippen molar-refractivity contribution in [3.05, 3.63) is 59.7 Å². The van der Waals surface area contributed by atoms with Crippen LogP contribution in [0.15, 0.2) is 48.5 Å². The zero-order valence-electron chi connectivity index (χ0n) is 14.3. The number of carboxylic acids is 1.